The van der Waals surface area contributed by atoms with Crippen LogP contribution in [0.25, 0.3) is 17.1 Å². The predicted molar refractivity (Wildman–Crippen MR) is 120 cm³/mol. The van der Waals surface area contributed by atoms with Gasteiger partial charge in [0.25, 0.3) is 5.91 Å². The molecule has 0 saturated heterocycles. The van der Waals surface area contributed by atoms with Crippen molar-refractivity contribution in [2.75, 3.05) is 5.32 Å². The molecule has 0 atom stereocenters. The molecule has 0 spiro atoms. The molecule has 0 aliphatic heterocycles. The molecule has 1 heterocycles. The topological polar surface area (TPSA) is 59.8 Å². The highest BCUT2D eigenvalue weighted by molar-refractivity contribution is 6.31. The monoisotopic (exact) mass is 434 g/mol. The Balaban J connectivity index is 1.81. The highest BCUT2D eigenvalue weighted by Crippen LogP contribution is 2.27. The lowest BCUT2D eigenvalue weighted by molar-refractivity contribution is 0.101. The molecule has 0 aliphatic rings. The lowest BCUT2D eigenvalue weighted by atomic mass is 10.1. The number of amides is 1. The van der Waals surface area contributed by atoms with E-state index >= 15 is 0 Å². The average molecular weight is 435 g/mol. The first-order valence-electron chi connectivity index (χ1n) is 9.71. The van der Waals surface area contributed by atoms with E-state index in [1.54, 1.807) is 28.9 Å². The highest BCUT2D eigenvalue weighted by atomic mass is 35.5. The van der Waals surface area contributed by atoms with Crippen LogP contribution in [0.1, 0.15) is 27.3 Å². The molecule has 0 radical (unpaired) electrons. The average Bonchev–Trinajstić information content (AvgIpc) is 3.19. The molecule has 31 heavy (non-hydrogen) atoms. The quantitative estimate of drug-likeness (QED) is 0.434. The summed E-state index contributed by atoms with van der Waals surface area (Å²) in [4.78, 5) is 17.5. The van der Waals surface area contributed by atoms with E-state index in [9.17, 15) is 9.18 Å². The van der Waals surface area contributed by atoms with Crippen molar-refractivity contribution in [2.45, 2.75) is 20.8 Å². The summed E-state index contributed by atoms with van der Waals surface area (Å²) in [6, 6.07) is 17.0. The van der Waals surface area contributed by atoms with Gasteiger partial charge in [-0.15, -0.1) is 5.10 Å². The van der Waals surface area contributed by atoms with Crippen LogP contribution < -0.4 is 5.32 Å². The van der Waals surface area contributed by atoms with Crippen molar-refractivity contribution in [1.82, 2.24) is 14.8 Å². The summed E-state index contributed by atoms with van der Waals surface area (Å²) in [6.45, 7) is 5.78. The number of benzene rings is 3. The molecular formula is C24H20ClFN4O. The number of anilines is 1. The van der Waals surface area contributed by atoms with E-state index in [-0.39, 0.29) is 11.6 Å². The lowest BCUT2D eigenvalue weighted by Gasteiger charge is -2.10. The van der Waals surface area contributed by atoms with Crippen LogP contribution in [-0.4, -0.2) is 20.7 Å². The van der Waals surface area contributed by atoms with Gasteiger partial charge in [-0.2, -0.15) is 0 Å². The van der Waals surface area contributed by atoms with Crippen LogP contribution in [-0.2, 0) is 0 Å². The number of halogens is 2. The van der Waals surface area contributed by atoms with Crippen LogP contribution in [0, 0.1) is 26.6 Å². The minimum atomic E-state index is -0.435. The van der Waals surface area contributed by atoms with Crippen LogP contribution in [0.2, 0.25) is 5.02 Å². The number of hydrogen-bond donors (Lipinski definition) is 1. The third-order valence-electron chi connectivity index (χ3n) is 5.23. The molecule has 0 bridgehead atoms. The van der Waals surface area contributed by atoms with Gasteiger partial charge in [0.15, 0.2) is 5.82 Å². The molecule has 4 aromatic rings. The Morgan fingerprint density at radius 3 is 2.42 bits per heavy atom. The Bertz CT molecular complexity index is 1280. The molecule has 4 rings (SSSR count). The molecule has 156 valence electrons. The second-order valence-corrected chi connectivity index (χ2v) is 7.67. The van der Waals surface area contributed by atoms with Crippen LogP contribution in [0.5, 0.6) is 0 Å². The van der Waals surface area contributed by atoms with Gasteiger partial charge in [-0.05, 0) is 79.9 Å². The van der Waals surface area contributed by atoms with Gasteiger partial charge in [0, 0.05) is 16.3 Å². The van der Waals surface area contributed by atoms with Crippen molar-refractivity contribution in [3.63, 3.8) is 0 Å². The minimum Gasteiger partial charge on any atom is -0.319 e. The number of carbonyl (C=O) groups excluding carboxylic acids is 1. The van der Waals surface area contributed by atoms with Gasteiger partial charge >= 0.3 is 0 Å². The number of aromatic nitrogens is 3. The fourth-order valence-electron chi connectivity index (χ4n) is 3.25. The molecule has 1 amide bonds. The smallest absolute Gasteiger partial charge is 0.295 e. The van der Waals surface area contributed by atoms with Crippen molar-refractivity contribution >= 4 is 23.2 Å². The summed E-state index contributed by atoms with van der Waals surface area (Å²) < 4.78 is 15.0. The zero-order valence-electron chi connectivity index (χ0n) is 17.3. The third-order valence-corrected chi connectivity index (χ3v) is 5.64. The second kappa shape index (κ2) is 8.32. The van der Waals surface area contributed by atoms with E-state index in [2.05, 4.69) is 15.4 Å². The molecule has 1 N–H and O–H groups in total. The number of carbonyl (C=O) groups is 1. The number of hydrogen-bond acceptors (Lipinski definition) is 3. The van der Waals surface area contributed by atoms with Crippen molar-refractivity contribution in [2.24, 2.45) is 0 Å². The molecule has 0 fully saturated rings. The molecule has 0 saturated carbocycles. The summed E-state index contributed by atoms with van der Waals surface area (Å²) in [6.07, 6.45) is 0. The van der Waals surface area contributed by atoms with Gasteiger partial charge in [0.05, 0.1) is 5.69 Å². The summed E-state index contributed by atoms with van der Waals surface area (Å²) in [7, 11) is 0. The van der Waals surface area contributed by atoms with Crippen LogP contribution in [0.4, 0.5) is 10.1 Å². The van der Waals surface area contributed by atoms with Crippen molar-refractivity contribution in [3.8, 4) is 17.1 Å². The number of rotatable bonds is 4. The maximum atomic E-state index is 13.5. The maximum Gasteiger partial charge on any atom is 0.295 e. The van der Waals surface area contributed by atoms with E-state index < -0.39 is 5.91 Å². The first kappa shape index (κ1) is 20.8. The molecule has 0 unspecified atom stereocenters. The fraction of sp³-hybridized carbons (Fsp3) is 0.125. The Morgan fingerprint density at radius 2 is 1.68 bits per heavy atom. The maximum absolute atomic E-state index is 13.5. The van der Waals surface area contributed by atoms with Gasteiger partial charge in [0.1, 0.15) is 5.82 Å². The molecule has 1 aromatic heterocycles. The largest absolute Gasteiger partial charge is 0.319 e. The van der Waals surface area contributed by atoms with Crippen molar-refractivity contribution in [3.05, 3.63) is 94.0 Å². The zero-order chi connectivity index (χ0) is 22.1. The summed E-state index contributed by atoms with van der Waals surface area (Å²) in [5, 5.41) is 7.92. The number of nitrogens with one attached hydrogen (secondary N) is 1. The van der Waals surface area contributed by atoms with Gasteiger partial charge in [0.2, 0.25) is 5.82 Å². The van der Waals surface area contributed by atoms with Gasteiger partial charge in [-0.25, -0.2) is 14.1 Å². The van der Waals surface area contributed by atoms with E-state index in [1.165, 1.54) is 12.1 Å². The standard InChI is InChI=1S/C24H20ClFN4O/c1-14-6-4-8-20(15(14)2)27-24(31)22-28-23(17-10-12-18(26)13-11-17)30(29-22)21-9-5-7-19(25)16(21)3/h4-13H,1-3H3,(H,27,31). The van der Waals surface area contributed by atoms with Gasteiger partial charge < -0.3 is 5.32 Å². The molecular weight excluding hydrogens is 415 g/mol. The Morgan fingerprint density at radius 1 is 0.968 bits per heavy atom. The number of aryl methyl sites for hydroxylation is 1. The van der Waals surface area contributed by atoms with E-state index in [0.717, 1.165) is 16.7 Å². The summed E-state index contributed by atoms with van der Waals surface area (Å²) in [5.41, 5.74) is 4.84. The van der Waals surface area contributed by atoms with E-state index in [0.29, 0.717) is 27.8 Å². The van der Waals surface area contributed by atoms with Crippen molar-refractivity contribution in [1.29, 1.82) is 0 Å². The third kappa shape index (κ3) is 4.07. The van der Waals surface area contributed by atoms with Crippen molar-refractivity contribution < 1.29 is 9.18 Å². The Hall–Kier alpha value is -3.51. The summed E-state index contributed by atoms with van der Waals surface area (Å²) in [5.74, 6) is -0.381. The van der Waals surface area contributed by atoms with Crippen LogP contribution >= 0.6 is 11.6 Å². The van der Waals surface area contributed by atoms with Gasteiger partial charge in [-0.1, -0.05) is 29.8 Å². The summed E-state index contributed by atoms with van der Waals surface area (Å²) >= 11 is 6.30. The number of nitrogens with zero attached hydrogens (tertiary/aromatic N) is 3. The minimum absolute atomic E-state index is 0.000364. The fourth-order valence-corrected chi connectivity index (χ4v) is 3.42. The normalized spacial score (nSPS) is 10.9. The van der Waals surface area contributed by atoms with Crippen LogP contribution in [0.3, 0.4) is 0 Å². The lowest BCUT2D eigenvalue weighted by Crippen LogP contribution is -2.15. The Kier molecular flexibility index (Phi) is 5.57. The van der Waals surface area contributed by atoms with E-state index in [4.69, 9.17) is 11.6 Å². The van der Waals surface area contributed by atoms with E-state index in [1.807, 2.05) is 45.0 Å². The molecule has 7 heteroatoms. The zero-order valence-corrected chi connectivity index (χ0v) is 18.0. The predicted octanol–water partition coefficient (Wildman–Crippen LogP) is 5.90. The SMILES string of the molecule is Cc1cccc(NC(=O)c2nc(-c3ccc(F)cc3)n(-c3cccc(Cl)c3C)n2)c1C. The molecule has 0 aliphatic carbocycles. The van der Waals surface area contributed by atoms with Gasteiger partial charge in [-0.3, -0.25) is 4.79 Å². The van der Waals surface area contributed by atoms with Crippen LogP contribution in [0.15, 0.2) is 60.7 Å². The highest BCUT2D eigenvalue weighted by Gasteiger charge is 2.21. The first-order chi connectivity index (χ1) is 14.8. The first-order valence-corrected chi connectivity index (χ1v) is 10.1. The Labute approximate surface area is 184 Å². The molecule has 5 nitrogen and oxygen atoms in total. The second-order valence-electron chi connectivity index (χ2n) is 7.26. The molecule has 3 aromatic carbocycles.